The van der Waals surface area contributed by atoms with Crippen molar-refractivity contribution in [3.05, 3.63) is 59.9 Å². The van der Waals surface area contributed by atoms with Crippen molar-refractivity contribution in [1.29, 1.82) is 0 Å². The van der Waals surface area contributed by atoms with Gasteiger partial charge in [0, 0.05) is 23.6 Å². The largest absolute Gasteiger partial charge is 0.345 e. The lowest BCUT2D eigenvalue weighted by Gasteiger charge is -2.28. The Morgan fingerprint density at radius 2 is 1.73 bits per heavy atom. The second kappa shape index (κ2) is 12.5. The number of Topliss-reactive ketones (excluding diaryl/α,β-unsaturated/α-hetero) is 1. The number of para-hydroxylation sites is 1. The minimum absolute atomic E-state index is 0.134. The molecular formula is C31H39N5O4. The Kier molecular flexibility index (Phi) is 9.12. The summed E-state index contributed by atoms with van der Waals surface area (Å²) in [5.74, 6) is -1.04. The number of benzene rings is 1. The molecule has 2 atom stereocenters. The van der Waals surface area contributed by atoms with Crippen molar-refractivity contribution in [3.63, 3.8) is 0 Å². The number of ketones is 1. The maximum absolute atomic E-state index is 13.9. The van der Waals surface area contributed by atoms with Crippen LogP contribution in [0.25, 0.3) is 0 Å². The van der Waals surface area contributed by atoms with Crippen LogP contribution in [-0.2, 0) is 19.2 Å². The van der Waals surface area contributed by atoms with Crippen molar-refractivity contribution in [2.45, 2.75) is 78.4 Å². The molecule has 2 N–H and O–H groups in total. The van der Waals surface area contributed by atoms with Gasteiger partial charge in [0.25, 0.3) is 5.91 Å². The number of anilines is 1. The number of hydrogen-bond donors (Lipinski definition) is 2. The molecule has 1 aromatic carbocycles. The Morgan fingerprint density at radius 3 is 2.40 bits per heavy atom. The molecule has 2 aromatic rings. The third kappa shape index (κ3) is 7.00. The van der Waals surface area contributed by atoms with Gasteiger partial charge < -0.3 is 15.5 Å². The SMILES string of the molecule is C[C@H](NC(=O)CC1CCCCC1)C(=O)NC1N=C(c2ccccn2)c2ccccc2N(CC(=O)C(C)(C)C)C1=O. The van der Waals surface area contributed by atoms with Gasteiger partial charge in [-0.3, -0.25) is 24.2 Å². The van der Waals surface area contributed by atoms with Crippen LogP contribution in [0.5, 0.6) is 0 Å². The van der Waals surface area contributed by atoms with Gasteiger partial charge in [-0.1, -0.05) is 64.3 Å². The highest BCUT2D eigenvalue weighted by atomic mass is 16.2. The molecule has 1 fully saturated rings. The highest BCUT2D eigenvalue weighted by Gasteiger charge is 2.36. The molecule has 4 rings (SSSR count). The third-order valence-electron chi connectivity index (χ3n) is 7.50. The highest BCUT2D eigenvalue weighted by molar-refractivity contribution is 6.20. The van der Waals surface area contributed by atoms with Gasteiger partial charge in [0.1, 0.15) is 6.04 Å². The van der Waals surface area contributed by atoms with Crippen molar-refractivity contribution < 1.29 is 19.2 Å². The summed E-state index contributed by atoms with van der Waals surface area (Å²) in [6.07, 6.45) is 6.22. The summed E-state index contributed by atoms with van der Waals surface area (Å²) in [6, 6.07) is 11.7. The van der Waals surface area contributed by atoms with Gasteiger partial charge >= 0.3 is 0 Å². The van der Waals surface area contributed by atoms with Crippen LogP contribution in [0.4, 0.5) is 5.69 Å². The zero-order chi connectivity index (χ0) is 28.9. The van der Waals surface area contributed by atoms with Gasteiger partial charge in [0.05, 0.1) is 23.6 Å². The predicted octanol–water partition coefficient (Wildman–Crippen LogP) is 3.80. The van der Waals surface area contributed by atoms with Crippen LogP contribution in [-0.4, -0.2) is 53.0 Å². The number of pyridine rings is 1. The number of nitrogens with one attached hydrogen (secondary N) is 2. The number of aromatic nitrogens is 1. The summed E-state index contributed by atoms with van der Waals surface area (Å²) < 4.78 is 0. The molecule has 2 heterocycles. The fourth-order valence-corrected chi connectivity index (χ4v) is 5.05. The first-order valence-corrected chi connectivity index (χ1v) is 14.1. The van der Waals surface area contributed by atoms with Gasteiger partial charge in [-0.2, -0.15) is 0 Å². The molecule has 3 amide bonds. The van der Waals surface area contributed by atoms with Crippen LogP contribution < -0.4 is 15.5 Å². The molecule has 40 heavy (non-hydrogen) atoms. The number of rotatable bonds is 8. The summed E-state index contributed by atoms with van der Waals surface area (Å²) in [6.45, 7) is 6.82. The van der Waals surface area contributed by atoms with E-state index in [0.29, 0.717) is 35.0 Å². The Morgan fingerprint density at radius 1 is 1.02 bits per heavy atom. The van der Waals surface area contributed by atoms with Crippen LogP contribution in [0.15, 0.2) is 53.7 Å². The van der Waals surface area contributed by atoms with Crippen molar-refractivity contribution in [1.82, 2.24) is 15.6 Å². The molecule has 212 valence electrons. The van der Waals surface area contributed by atoms with Gasteiger partial charge in [0.2, 0.25) is 18.0 Å². The van der Waals surface area contributed by atoms with E-state index in [2.05, 4.69) is 20.6 Å². The maximum Gasteiger partial charge on any atom is 0.272 e. The average molecular weight is 546 g/mol. The van der Waals surface area contributed by atoms with Crippen LogP contribution >= 0.6 is 0 Å². The molecule has 0 radical (unpaired) electrons. The monoisotopic (exact) mass is 545 g/mol. The number of carbonyl (C=O) groups excluding carboxylic acids is 4. The van der Waals surface area contributed by atoms with E-state index < -0.39 is 29.4 Å². The van der Waals surface area contributed by atoms with E-state index in [1.807, 2.05) is 18.2 Å². The molecule has 0 spiro atoms. The van der Waals surface area contributed by atoms with Gasteiger partial charge in [-0.05, 0) is 43.9 Å². The topological polar surface area (TPSA) is 121 Å². The van der Waals surface area contributed by atoms with E-state index >= 15 is 0 Å². The fraction of sp³-hybridized carbons (Fsp3) is 0.484. The quantitative estimate of drug-likeness (QED) is 0.523. The van der Waals surface area contributed by atoms with E-state index in [1.54, 1.807) is 58.2 Å². The van der Waals surface area contributed by atoms with Crippen LogP contribution in [0.2, 0.25) is 0 Å². The van der Waals surface area contributed by atoms with Crippen molar-refractivity contribution >= 4 is 34.9 Å². The van der Waals surface area contributed by atoms with Gasteiger partial charge in [0.15, 0.2) is 5.78 Å². The van der Waals surface area contributed by atoms with E-state index in [1.165, 1.54) is 11.3 Å². The summed E-state index contributed by atoms with van der Waals surface area (Å²) in [5, 5.41) is 5.50. The number of fused-ring (bicyclic) bond motifs is 1. The molecule has 1 aromatic heterocycles. The molecule has 0 bridgehead atoms. The first-order valence-electron chi connectivity index (χ1n) is 14.1. The van der Waals surface area contributed by atoms with E-state index in [4.69, 9.17) is 0 Å². The Balaban J connectivity index is 1.62. The Bertz CT molecular complexity index is 1280. The van der Waals surface area contributed by atoms with E-state index in [0.717, 1.165) is 25.7 Å². The Hall–Kier alpha value is -3.88. The second-order valence-electron chi connectivity index (χ2n) is 11.7. The summed E-state index contributed by atoms with van der Waals surface area (Å²) >= 11 is 0. The molecule has 9 nitrogen and oxygen atoms in total. The molecule has 1 saturated carbocycles. The van der Waals surface area contributed by atoms with Crippen molar-refractivity contribution in [2.75, 3.05) is 11.4 Å². The zero-order valence-electron chi connectivity index (χ0n) is 23.8. The lowest BCUT2D eigenvalue weighted by atomic mass is 9.87. The molecule has 0 saturated heterocycles. The first kappa shape index (κ1) is 29.1. The third-order valence-corrected chi connectivity index (χ3v) is 7.50. The summed E-state index contributed by atoms with van der Waals surface area (Å²) in [7, 11) is 0. The first-order chi connectivity index (χ1) is 19.0. The maximum atomic E-state index is 13.9. The minimum atomic E-state index is -1.32. The van der Waals surface area contributed by atoms with E-state index in [9.17, 15) is 19.2 Å². The molecule has 1 aliphatic heterocycles. The highest BCUT2D eigenvalue weighted by Crippen LogP contribution is 2.29. The molecular weight excluding hydrogens is 506 g/mol. The zero-order valence-corrected chi connectivity index (χ0v) is 23.8. The number of carbonyl (C=O) groups is 4. The van der Waals surface area contributed by atoms with Crippen LogP contribution in [0.3, 0.4) is 0 Å². The number of hydrogen-bond acceptors (Lipinski definition) is 6. The fourth-order valence-electron chi connectivity index (χ4n) is 5.05. The van der Waals surface area contributed by atoms with Crippen molar-refractivity contribution in [3.8, 4) is 0 Å². The van der Waals surface area contributed by atoms with Crippen LogP contribution in [0.1, 0.15) is 77.5 Å². The number of amides is 3. The van der Waals surface area contributed by atoms with Crippen molar-refractivity contribution in [2.24, 2.45) is 16.3 Å². The molecule has 9 heteroatoms. The molecule has 2 aliphatic rings. The normalized spacial score (nSPS) is 18.7. The minimum Gasteiger partial charge on any atom is -0.345 e. The molecule has 1 unspecified atom stereocenters. The average Bonchev–Trinajstić information content (AvgIpc) is 3.04. The second-order valence-corrected chi connectivity index (χ2v) is 11.7. The summed E-state index contributed by atoms with van der Waals surface area (Å²) in [5.41, 5.74) is 1.42. The number of nitrogens with zero attached hydrogens (tertiary/aromatic N) is 3. The van der Waals surface area contributed by atoms with E-state index in [-0.39, 0.29) is 18.2 Å². The lowest BCUT2D eigenvalue weighted by Crippen LogP contribution is -2.54. The molecule has 1 aliphatic carbocycles. The van der Waals surface area contributed by atoms with Crippen LogP contribution in [0, 0.1) is 11.3 Å². The Labute approximate surface area is 235 Å². The smallest absolute Gasteiger partial charge is 0.272 e. The number of aliphatic imine (C=N–C) groups is 1. The predicted molar refractivity (Wildman–Crippen MR) is 154 cm³/mol. The standard InChI is InChI=1S/C31H39N5O4/c1-20(33-26(38)18-21-12-6-5-7-13-21)29(39)35-28-30(40)36(19-25(37)31(2,3)4)24-16-9-8-14-22(24)27(34-28)23-15-10-11-17-32-23/h8-11,14-17,20-21,28H,5-7,12-13,18-19H2,1-4H3,(H,33,38)(H,35,39)/t20-,28?/m0/s1. The summed E-state index contributed by atoms with van der Waals surface area (Å²) in [4.78, 5) is 63.5. The van der Waals surface area contributed by atoms with Gasteiger partial charge in [-0.25, -0.2) is 4.99 Å². The number of benzodiazepines with no additional fused rings is 1. The lowest BCUT2D eigenvalue weighted by molar-refractivity contribution is -0.131. The van der Waals surface area contributed by atoms with Gasteiger partial charge in [-0.15, -0.1) is 0 Å².